The van der Waals surface area contributed by atoms with Gasteiger partial charge in [0.1, 0.15) is 5.82 Å². The fourth-order valence-corrected chi connectivity index (χ4v) is 4.27. The third-order valence-corrected chi connectivity index (χ3v) is 6.21. The van der Waals surface area contributed by atoms with Gasteiger partial charge < -0.3 is 14.5 Å². The topological polar surface area (TPSA) is 62.7 Å². The minimum atomic E-state index is -0.515. The van der Waals surface area contributed by atoms with Crippen molar-refractivity contribution in [1.29, 1.82) is 0 Å². The predicted octanol–water partition coefficient (Wildman–Crippen LogP) is 2.24. The monoisotopic (exact) mass is 375 g/mol. The Kier molecular flexibility index (Phi) is 5.12. The molecule has 3 fully saturated rings. The second-order valence-corrected chi connectivity index (χ2v) is 8.03. The van der Waals surface area contributed by atoms with E-state index in [4.69, 9.17) is 4.74 Å². The van der Waals surface area contributed by atoms with Crippen molar-refractivity contribution in [3.8, 4) is 0 Å². The van der Waals surface area contributed by atoms with Crippen LogP contribution in [0.1, 0.15) is 48.9 Å². The van der Waals surface area contributed by atoms with Gasteiger partial charge in [-0.2, -0.15) is 0 Å². The zero-order valence-corrected chi connectivity index (χ0v) is 15.5. The molecule has 146 valence electrons. The lowest BCUT2D eigenvalue weighted by atomic mass is 9.84. The number of nitrogens with zero attached hydrogens (tertiary/aromatic N) is 3. The van der Waals surface area contributed by atoms with Crippen molar-refractivity contribution in [2.75, 3.05) is 32.8 Å². The first-order valence-electron chi connectivity index (χ1n) is 9.86. The van der Waals surface area contributed by atoms with Crippen LogP contribution in [0.2, 0.25) is 0 Å². The van der Waals surface area contributed by atoms with Crippen molar-refractivity contribution in [3.05, 3.63) is 29.8 Å². The molecular formula is C20H26FN3O3. The number of likely N-dealkylation sites (tertiary alicyclic amines) is 1. The largest absolute Gasteiger partial charge is 0.372 e. The Hall–Kier alpha value is -2.02. The summed E-state index contributed by atoms with van der Waals surface area (Å²) in [4.78, 5) is 32.7. The quantitative estimate of drug-likeness (QED) is 0.813. The molecule has 1 aliphatic carbocycles. The smallest absolute Gasteiger partial charge is 0.255 e. The van der Waals surface area contributed by atoms with E-state index in [1.54, 1.807) is 4.90 Å². The number of hydrogen-bond donors (Lipinski definition) is 0. The minimum Gasteiger partial charge on any atom is -0.372 e. The third kappa shape index (κ3) is 3.98. The maximum Gasteiger partial charge on any atom is 0.255 e. The number of carbonyl (C=O) groups is 2. The van der Waals surface area contributed by atoms with Gasteiger partial charge in [-0.1, -0.05) is 6.42 Å². The molecule has 1 spiro atoms. The van der Waals surface area contributed by atoms with Crippen molar-refractivity contribution in [3.63, 3.8) is 0 Å². The molecule has 0 atom stereocenters. The number of amides is 2. The molecule has 1 aromatic rings. The van der Waals surface area contributed by atoms with Crippen molar-refractivity contribution in [2.45, 2.75) is 44.1 Å². The van der Waals surface area contributed by atoms with Crippen LogP contribution in [0.5, 0.6) is 0 Å². The molecule has 3 heterocycles. The number of aromatic nitrogens is 1. The van der Waals surface area contributed by atoms with Crippen molar-refractivity contribution < 1.29 is 18.7 Å². The Morgan fingerprint density at radius 1 is 1.26 bits per heavy atom. The van der Waals surface area contributed by atoms with Gasteiger partial charge in [-0.25, -0.2) is 4.39 Å². The van der Waals surface area contributed by atoms with Gasteiger partial charge in [-0.3, -0.25) is 14.6 Å². The summed E-state index contributed by atoms with van der Waals surface area (Å²) in [7, 11) is 0. The number of halogens is 1. The van der Waals surface area contributed by atoms with E-state index in [0.717, 1.165) is 12.7 Å². The van der Waals surface area contributed by atoms with E-state index in [0.29, 0.717) is 51.4 Å². The van der Waals surface area contributed by atoms with E-state index in [9.17, 15) is 14.0 Å². The van der Waals surface area contributed by atoms with E-state index < -0.39 is 11.4 Å². The van der Waals surface area contributed by atoms with E-state index >= 15 is 0 Å². The molecule has 0 radical (unpaired) electrons. The zero-order chi connectivity index (χ0) is 18.9. The van der Waals surface area contributed by atoms with Crippen LogP contribution in [0.15, 0.2) is 18.5 Å². The van der Waals surface area contributed by atoms with Gasteiger partial charge in [0.05, 0.1) is 30.4 Å². The first-order chi connectivity index (χ1) is 13.0. The number of carbonyl (C=O) groups excluding carboxylic acids is 2. The summed E-state index contributed by atoms with van der Waals surface area (Å²) in [5.41, 5.74) is -0.210. The van der Waals surface area contributed by atoms with E-state index in [1.807, 2.05) is 4.90 Å². The van der Waals surface area contributed by atoms with Gasteiger partial charge in [0.25, 0.3) is 5.91 Å². The van der Waals surface area contributed by atoms with Crippen LogP contribution >= 0.6 is 0 Å². The Balaban J connectivity index is 1.36. The van der Waals surface area contributed by atoms with Gasteiger partial charge in [-0.15, -0.1) is 0 Å². The molecule has 0 bridgehead atoms. The van der Waals surface area contributed by atoms with Gasteiger partial charge in [0.2, 0.25) is 5.91 Å². The molecule has 0 aromatic carbocycles. The molecule has 6 nitrogen and oxygen atoms in total. The highest BCUT2D eigenvalue weighted by Crippen LogP contribution is 2.34. The number of hydrogen-bond acceptors (Lipinski definition) is 4. The van der Waals surface area contributed by atoms with Crippen LogP contribution in [-0.2, 0) is 9.53 Å². The number of pyridine rings is 1. The van der Waals surface area contributed by atoms with Crippen LogP contribution < -0.4 is 0 Å². The number of piperidine rings is 1. The summed E-state index contributed by atoms with van der Waals surface area (Å²) in [5.74, 6) is 0.0952. The predicted molar refractivity (Wildman–Crippen MR) is 96.6 cm³/mol. The van der Waals surface area contributed by atoms with Gasteiger partial charge in [-0.05, 0) is 37.7 Å². The Morgan fingerprint density at radius 3 is 2.70 bits per heavy atom. The molecular weight excluding hydrogens is 349 g/mol. The number of rotatable bonds is 3. The lowest BCUT2D eigenvalue weighted by Gasteiger charge is -2.40. The summed E-state index contributed by atoms with van der Waals surface area (Å²) in [6.45, 7) is 3.08. The Labute approximate surface area is 158 Å². The highest BCUT2D eigenvalue weighted by molar-refractivity contribution is 5.94. The molecule has 0 N–H and O–H groups in total. The molecule has 2 aliphatic heterocycles. The Morgan fingerprint density at radius 2 is 2.04 bits per heavy atom. The fourth-order valence-electron chi connectivity index (χ4n) is 4.27. The molecule has 2 saturated heterocycles. The highest BCUT2D eigenvalue weighted by atomic mass is 19.1. The van der Waals surface area contributed by atoms with Crippen LogP contribution in [0.25, 0.3) is 0 Å². The molecule has 4 rings (SSSR count). The summed E-state index contributed by atoms with van der Waals surface area (Å²) in [6, 6.07) is 1.21. The molecule has 1 aromatic heterocycles. The summed E-state index contributed by atoms with van der Waals surface area (Å²) in [6.07, 6.45) is 7.85. The van der Waals surface area contributed by atoms with E-state index in [-0.39, 0.29) is 17.4 Å². The zero-order valence-electron chi connectivity index (χ0n) is 15.5. The lowest BCUT2D eigenvalue weighted by molar-refractivity contribution is -0.135. The molecule has 1 saturated carbocycles. The Bertz CT molecular complexity index is 714. The first-order valence-corrected chi connectivity index (χ1v) is 9.86. The van der Waals surface area contributed by atoms with Gasteiger partial charge in [0.15, 0.2) is 0 Å². The molecule has 7 heteroatoms. The normalized spacial score (nSPS) is 23.2. The fraction of sp³-hybridized carbons (Fsp3) is 0.650. The summed E-state index contributed by atoms with van der Waals surface area (Å²) in [5, 5.41) is 0. The summed E-state index contributed by atoms with van der Waals surface area (Å²) < 4.78 is 19.5. The average Bonchev–Trinajstić information content (AvgIpc) is 2.77. The van der Waals surface area contributed by atoms with Crippen LogP contribution in [-0.4, -0.2) is 65.0 Å². The van der Waals surface area contributed by atoms with Crippen molar-refractivity contribution in [2.24, 2.45) is 5.92 Å². The maximum atomic E-state index is 13.3. The molecule has 2 amide bonds. The van der Waals surface area contributed by atoms with Crippen molar-refractivity contribution in [1.82, 2.24) is 14.8 Å². The standard InChI is InChI=1S/C20H26FN3O3/c21-17-10-16(12-22-13-17)19(26)23-6-4-20(5-7-23)11-18(25)24(8-9-27-20)14-15-2-1-3-15/h10,12-13,15H,1-9,11,14H2. The highest BCUT2D eigenvalue weighted by Gasteiger charge is 2.42. The van der Waals surface area contributed by atoms with Crippen LogP contribution in [0.3, 0.4) is 0 Å². The molecule has 0 unspecified atom stereocenters. The van der Waals surface area contributed by atoms with E-state index in [2.05, 4.69) is 4.98 Å². The third-order valence-electron chi connectivity index (χ3n) is 6.21. The van der Waals surface area contributed by atoms with Gasteiger partial charge >= 0.3 is 0 Å². The van der Waals surface area contributed by atoms with Gasteiger partial charge in [0, 0.05) is 32.4 Å². The molecule has 3 aliphatic rings. The minimum absolute atomic E-state index is 0.175. The lowest BCUT2D eigenvalue weighted by Crippen LogP contribution is -2.49. The molecule has 27 heavy (non-hydrogen) atoms. The van der Waals surface area contributed by atoms with E-state index in [1.165, 1.54) is 31.5 Å². The van der Waals surface area contributed by atoms with Crippen molar-refractivity contribution >= 4 is 11.8 Å². The average molecular weight is 375 g/mol. The summed E-state index contributed by atoms with van der Waals surface area (Å²) >= 11 is 0. The first kappa shape index (κ1) is 18.3. The van der Waals surface area contributed by atoms with Crippen LogP contribution in [0, 0.1) is 11.7 Å². The van der Waals surface area contributed by atoms with Crippen LogP contribution in [0.4, 0.5) is 4.39 Å². The maximum absolute atomic E-state index is 13.3. The second-order valence-electron chi connectivity index (χ2n) is 8.03. The SMILES string of the molecule is O=C1CC2(CCN(C(=O)c3cncc(F)c3)CC2)OCCN1CC1CCC1. The number of ether oxygens (including phenoxy) is 1. The second kappa shape index (κ2) is 7.54.